The lowest BCUT2D eigenvalue weighted by Crippen LogP contribution is -2.61. The number of aliphatic hydroxyl groups excluding tert-OH is 2. The number of benzene rings is 1. The number of carboxylic acid groups (broad SMARTS) is 2. The van der Waals surface area contributed by atoms with E-state index in [1.807, 2.05) is 0 Å². The summed E-state index contributed by atoms with van der Waals surface area (Å²) in [6.45, 7) is 6.10. The molecule has 1 aromatic carbocycles. The zero-order chi connectivity index (χ0) is 71.2. The van der Waals surface area contributed by atoms with Crippen LogP contribution in [0.4, 0.5) is 0 Å². The Balaban J connectivity index is 3.56. The molecule has 0 unspecified atom stereocenters. The van der Waals surface area contributed by atoms with E-state index in [0.717, 1.165) is 6.92 Å². The van der Waals surface area contributed by atoms with E-state index in [0.29, 0.717) is 18.4 Å². The topological polar surface area (TPSA) is 616 Å². The fourth-order valence-corrected chi connectivity index (χ4v) is 9.02. The molecule has 36 heteroatoms. The van der Waals surface area contributed by atoms with Gasteiger partial charge in [-0.25, -0.2) is 0 Å². The van der Waals surface area contributed by atoms with Gasteiger partial charge in [-0.3, -0.25) is 72.3 Å². The molecule has 0 aromatic heterocycles. The zero-order valence-corrected chi connectivity index (χ0v) is 54.1. The first-order valence-electron chi connectivity index (χ1n) is 30.9. The van der Waals surface area contributed by atoms with Crippen molar-refractivity contribution in [2.24, 2.45) is 56.2 Å². The van der Waals surface area contributed by atoms with Gasteiger partial charge in [0.2, 0.25) is 65.0 Å². The summed E-state index contributed by atoms with van der Waals surface area (Å²) in [7, 11) is 1.36. The normalized spacial score (nSPS) is 15.1. The van der Waals surface area contributed by atoms with Crippen LogP contribution >= 0.6 is 0 Å². The molecule has 13 atom stereocenters. The molecule has 1 rings (SSSR count). The Kier molecular flexibility index (Phi) is 39.0. The third-order valence-corrected chi connectivity index (χ3v) is 15.0. The molecule has 1 aromatic rings. The molecule has 0 fully saturated rings. The Bertz CT molecular complexity index is 2730. The molecule has 0 aliphatic rings. The number of primary amides is 1. The number of aliphatic carboxylic acids is 2. The van der Waals surface area contributed by atoms with Crippen molar-refractivity contribution >= 4 is 88.8 Å². The van der Waals surface area contributed by atoms with E-state index in [4.69, 9.17) is 34.4 Å². The molecule has 0 saturated carbocycles. The molecule has 94 heavy (non-hydrogen) atoms. The van der Waals surface area contributed by atoms with Crippen LogP contribution in [0.1, 0.15) is 117 Å². The quantitative estimate of drug-likeness (QED) is 0.0164. The number of carbonyl (C=O) groups excluding carboxylic acids is 11. The SMILES string of the molecule is CC[C@H](C)[C@H](NC(=O)[C@H](Cc1ccccc1)NC(=O)[C@@H](NC(=O)[C@H](CC(=O)O)NC(=O)[C@H](C)NC(=O)[C@H](CO)NC(=O)[C@H](CCCN=C(N)N)NC(=O)[C@H](CCCN=C(N)N)NC(=O)[C@@H](CCCCN)NC(=O)[C@H](CCC(=O)O)NC(=O)[C@H](CO)NC)[C@@H](C)CC)C(N)=O. The fraction of sp³-hybridized carbons (Fsp3) is 0.638. The second-order valence-corrected chi connectivity index (χ2v) is 22.4. The number of hydrogen-bond donors (Lipinski definition) is 21. The molecule has 0 saturated heterocycles. The van der Waals surface area contributed by atoms with Crippen molar-refractivity contribution in [3.63, 3.8) is 0 Å². The Labute approximate surface area is 545 Å². The third kappa shape index (κ3) is 31.4. The summed E-state index contributed by atoms with van der Waals surface area (Å²) in [5.74, 6) is -15.5. The standard InChI is InChI=1S/C58H99N19O17/c1-7-30(3)44(46(60)84)76-52(90)38(26-33-16-10-9-11-17-33)74-56(94)45(31(4)8-2)77-53(91)39(27-43(82)83)73-47(85)32(5)68-55(93)41(29-79)75-50(88)36(20-15-25-67-58(63)64)71-49(87)35(19-14-24-66-57(61)62)70-48(86)34(18-12-13-23-59)69-51(89)37(21-22-42(80)81)72-54(92)40(28-78)65-6/h9-11,16-17,30-32,34-41,44-45,65,78-79H,7-8,12-15,18-29,59H2,1-6H3,(H2,60,84)(H,68,93)(H,69,89)(H,70,86)(H,71,87)(H,72,92)(H,73,85)(H,74,94)(H,75,88)(H,76,90)(H,77,91)(H,80,81)(H,82,83)(H4,61,62,66)(H4,63,64,67)/t30-,31-,32-,34+,35-,36-,37-,38-,39-,40-,41-,44-,45-/m0/s1. The molecular weight excluding hydrogens is 1230 g/mol. The number of aliphatic hydroxyl groups is 2. The van der Waals surface area contributed by atoms with E-state index in [-0.39, 0.29) is 88.8 Å². The Morgan fingerprint density at radius 1 is 0.447 bits per heavy atom. The van der Waals surface area contributed by atoms with Crippen LogP contribution in [0.25, 0.3) is 0 Å². The monoisotopic (exact) mass is 1330 g/mol. The average Bonchev–Trinajstić information content (AvgIpc) is 0.947. The lowest BCUT2D eigenvalue weighted by Gasteiger charge is -2.29. The summed E-state index contributed by atoms with van der Waals surface area (Å²) in [5, 5.41) is 66.3. The first kappa shape index (κ1) is 82.7. The van der Waals surface area contributed by atoms with Crippen LogP contribution in [-0.2, 0) is 68.7 Å². The number of rotatable bonds is 47. The maximum atomic E-state index is 14.3. The van der Waals surface area contributed by atoms with Gasteiger partial charge in [0.15, 0.2) is 11.9 Å². The number of likely N-dealkylation sites (N-methyl/N-ethyl adjacent to an activating group) is 1. The van der Waals surface area contributed by atoms with Crippen LogP contribution in [0.15, 0.2) is 40.3 Å². The largest absolute Gasteiger partial charge is 0.481 e. The van der Waals surface area contributed by atoms with Gasteiger partial charge in [-0.1, -0.05) is 70.9 Å². The summed E-state index contributed by atoms with van der Waals surface area (Å²) in [6, 6.07) is -8.04. The van der Waals surface area contributed by atoms with E-state index in [9.17, 15) is 82.8 Å². The summed E-state index contributed by atoms with van der Waals surface area (Å²) >= 11 is 0. The van der Waals surface area contributed by atoms with Gasteiger partial charge in [-0.2, -0.15) is 0 Å². The van der Waals surface area contributed by atoms with E-state index >= 15 is 0 Å². The molecule has 36 nitrogen and oxygen atoms in total. The predicted molar refractivity (Wildman–Crippen MR) is 342 cm³/mol. The second kappa shape index (κ2) is 44.3. The number of carboxylic acids is 2. The zero-order valence-electron chi connectivity index (χ0n) is 54.1. The summed E-state index contributed by atoms with van der Waals surface area (Å²) < 4.78 is 0. The van der Waals surface area contributed by atoms with Crippen LogP contribution in [0.3, 0.4) is 0 Å². The van der Waals surface area contributed by atoms with E-state index in [2.05, 4.69) is 68.5 Å². The number of amides is 11. The first-order valence-corrected chi connectivity index (χ1v) is 30.9. The highest BCUT2D eigenvalue weighted by Crippen LogP contribution is 2.14. The molecule has 27 N–H and O–H groups in total. The molecule has 0 aliphatic carbocycles. The van der Waals surface area contributed by atoms with Crippen molar-refractivity contribution < 1.29 is 82.8 Å². The van der Waals surface area contributed by atoms with Crippen molar-refractivity contribution in [1.82, 2.24) is 58.5 Å². The Morgan fingerprint density at radius 2 is 0.840 bits per heavy atom. The minimum Gasteiger partial charge on any atom is -0.481 e. The van der Waals surface area contributed by atoms with Gasteiger partial charge in [0.1, 0.15) is 66.5 Å². The third-order valence-electron chi connectivity index (χ3n) is 15.0. The lowest BCUT2D eigenvalue weighted by atomic mass is 9.95. The number of nitrogens with zero attached hydrogens (tertiary/aromatic N) is 2. The summed E-state index contributed by atoms with van der Waals surface area (Å²) in [6.07, 6.45) is -1.38. The first-order chi connectivity index (χ1) is 44.4. The van der Waals surface area contributed by atoms with Gasteiger partial charge in [-0.15, -0.1) is 0 Å². The van der Waals surface area contributed by atoms with Gasteiger partial charge in [0, 0.05) is 25.9 Å². The fourth-order valence-electron chi connectivity index (χ4n) is 9.02. The summed E-state index contributed by atoms with van der Waals surface area (Å²) in [5.41, 5.74) is 33.9. The van der Waals surface area contributed by atoms with Gasteiger partial charge < -0.3 is 113 Å². The minimum absolute atomic E-state index is 0.00964. The molecular formula is C58H99N19O17. The van der Waals surface area contributed by atoms with Gasteiger partial charge in [0.25, 0.3) is 0 Å². The van der Waals surface area contributed by atoms with E-state index in [1.165, 1.54) is 7.05 Å². The molecule has 0 spiro atoms. The number of nitrogens with two attached hydrogens (primary N) is 6. The number of hydrogen-bond acceptors (Lipinski definition) is 19. The predicted octanol–water partition coefficient (Wildman–Crippen LogP) is -7.18. The van der Waals surface area contributed by atoms with Crippen LogP contribution in [0.5, 0.6) is 0 Å². The van der Waals surface area contributed by atoms with Crippen molar-refractivity contribution in [2.45, 2.75) is 185 Å². The van der Waals surface area contributed by atoms with Crippen molar-refractivity contribution in [2.75, 3.05) is 39.9 Å². The van der Waals surface area contributed by atoms with Crippen molar-refractivity contribution in [3.8, 4) is 0 Å². The van der Waals surface area contributed by atoms with Gasteiger partial charge in [0.05, 0.1) is 19.6 Å². The molecule has 11 amide bonds. The van der Waals surface area contributed by atoms with Crippen molar-refractivity contribution in [1.29, 1.82) is 0 Å². The molecule has 0 bridgehead atoms. The maximum absolute atomic E-state index is 14.3. The summed E-state index contributed by atoms with van der Waals surface area (Å²) in [4.78, 5) is 183. The molecule has 0 aliphatic heterocycles. The number of aliphatic imine (C=N–C) groups is 2. The van der Waals surface area contributed by atoms with Crippen LogP contribution in [-0.4, -0.2) is 216 Å². The highest BCUT2D eigenvalue weighted by Gasteiger charge is 2.37. The number of guanidine groups is 2. The number of nitrogens with one attached hydrogen (secondary N) is 11. The Morgan fingerprint density at radius 3 is 1.27 bits per heavy atom. The lowest BCUT2D eigenvalue weighted by molar-refractivity contribution is -0.142. The number of unbranched alkanes of at least 4 members (excludes halogenated alkanes) is 1. The van der Waals surface area contributed by atoms with Crippen LogP contribution in [0.2, 0.25) is 0 Å². The second-order valence-electron chi connectivity index (χ2n) is 22.4. The smallest absolute Gasteiger partial charge is 0.305 e. The Hall–Kier alpha value is -9.29. The average molecular weight is 1330 g/mol. The maximum Gasteiger partial charge on any atom is 0.305 e. The van der Waals surface area contributed by atoms with E-state index in [1.54, 1.807) is 58.0 Å². The molecule has 0 radical (unpaired) electrons. The van der Waals surface area contributed by atoms with Crippen LogP contribution < -0.4 is 92.9 Å². The van der Waals surface area contributed by atoms with Crippen molar-refractivity contribution in [3.05, 3.63) is 35.9 Å². The van der Waals surface area contributed by atoms with Crippen LogP contribution in [0, 0.1) is 11.8 Å². The molecule has 528 valence electrons. The molecule has 0 heterocycles. The van der Waals surface area contributed by atoms with Gasteiger partial charge in [-0.05, 0) is 89.3 Å². The number of carbonyl (C=O) groups is 13. The highest BCUT2D eigenvalue weighted by molar-refractivity contribution is 6.00. The highest BCUT2D eigenvalue weighted by atomic mass is 16.4. The van der Waals surface area contributed by atoms with E-state index < -0.39 is 182 Å². The van der Waals surface area contributed by atoms with Gasteiger partial charge >= 0.3 is 11.9 Å². The minimum atomic E-state index is -1.90.